The van der Waals surface area contributed by atoms with Gasteiger partial charge in [-0.2, -0.15) is 0 Å². The van der Waals surface area contributed by atoms with Gasteiger partial charge in [0.25, 0.3) is 0 Å². The van der Waals surface area contributed by atoms with E-state index in [0.29, 0.717) is 12.7 Å². The van der Waals surface area contributed by atoms with Gasteiger partial charge in [-0.05, 0) is 38.5 Å². The molecule has 0 amide bonds. The molecule has 0 aromatic carbocycles. The van der Waals surface area contributed by atoms with Gasteiger partial charge in [0.05, 0.1) is 12.7 Å². The molecule has 15 heavy (non-hydrogen) atoms. The molecule has 0 radical (unpaired) electrons. The van der Waals surface area contributed by atoms with E-state index in [0.717, 1.165) is 32.0 Å². The minimum atomic E-state index is 0.212. The van der Waals surface area contributed by atoms with Crippen LogP contribution in [0.3, 0.4) is 0 Å². The Morgan fingerprint density at radius 2 is 2.07 bits per heavy atom. The highest BCUT2D eigenvalue weighted by Crippen LogP contribution is 2.33. The van der Waals surface area contributed by atoms with Crippen LogP contribution in [0.25, 0.3) is 0 Å². The van der Waals surface area contributed by atoms with Gasteiger partial charge in [0, 0.05) is 19.3 Å². The lowest BCUT2D eigenvalue weighted by Crippen LogP contribution is -2.37. The number of hydrogen-bond donors (Lipinski definition) is 1. The zero-order chi connectivity index (χ0) is 11.1. The maximum absolute atomic E-state index is 5.98. The fraction of sp³-hybridized carbons (Fsp3) is 1.00. The minimum absolute atomic E-state index is 0.212. The van der Waals surface area contributed by atoms with Crippen LogP contribution in [-0.4, -0.2) is 32.0 Å². The number of rotatable bonds is 8. The second-order valence-corrected chi connectivity index (χ2v) is 4.49. The summed E-state index contributed by atoms with van der Waals surface area (Å²) < 4.78 is 10.9. The molecule has 1 unspecified atom stereocenters. The van der Waals surface area contributed by atoms with Crippen LogP contribution in [-0.2, 0) is 9.47 Å². The van der Waals surface area contributed by atoms with Crippen LogP contribution in [0.15, 0.2) is 0 Å². The Labute approximate surface area is 93.3 Å². The monoisotopic (exact) mass is 215 g/mol. The number of hydrogen-bond acceptors (Lipinski definition) is 3. The van der Waals surface area contributed by atoms with Crippen molar-refractivity contribution in [1.29, 1.82) is 0 Å². The molecule has 3 nitrogen and oxygen atoms in total. The molecular formula is C12H25NO2. The molecule has 0 aromatic rings. The van der Waals surface area contributed by atoms with Crippen LogP contribution in [0.1, 0.15) is 39.5 Å². The largest absolute Gasteiger partial charge is 0.380 e. The molecule has 2 N–H and O–H groups in total. The highest BCUT2D eigenvalue weighted by Gasteiger charge is 2.30. The summed E-state index contributed by atoms with van der Waals surface area (Å²) >= 11 is 0. The van der Waals surface area contributed by atoms with Gasteiger partial charge >= 0.3 is 0 Å². The normalized spacial score (nSPS) is 27.4. The molecule has 1 atom stereocenters. The first-order chi connectivity index (χ1) is 7.26. The maximum atomic E-state index is 5.98. The third-order valence-electron chi connectivity index (χ3n) is 2.91. The second-order valence-electron chi connectivity index (χ2n) is 4.49. The molecule has 90 valence electrons. The van der Waals surface area contributed by atoms with Gasteiger partial charge in [-0.1, -0.05) is 6.92 Å². The standard InChI is InChI=1S/C12H25NO2/c1-3-5-14-9-11(13)6-10-7-12(8-10)15-4-2/h10-12H,3-9,13H2,1-2H3. The van der Waals surface area contributed by atoms with Gasteiger partial charge in [-0.25, -0.2) is 0 Å². The highest BCUT2D eigenvalue weighted by molar-refractivity contribution is 4.83. The van der Waals surface area contributed by atoms with Crippen LogP contribution < -0.4 is 5.73 Å². The Bertz CT molecular complexity index is 155. The van der Waals surface area contributed by atoms with Crippen molar-refractivity contribution in [3.05, 3.63) is 0 Å². The van der Waals surface area contributed by atoms with Gasteiger partial charge < -0.3 is 15.2 Å². The maximum Gasteiger partial charge on any atom is 0.0617 e. The average molecular weight is 215 g/mol. The Hall–Kier alpha value is -0.120. The van der Waals surface area contributed by atoms with Crippen molar-refractivity contribution in [3.63, 3.8) is 0 Å². The number of ether oxygens (including phenoxy) is 2. The van der Waals surface area contributed by atoms with E-state index in [1.807, 2.05) is 0 Å². The SMILES string of the molecule is CCCOCC(N)CC1CC(OCC)C1. The molecule has 3 heteroatoms. The van der Waals surface area contributed by atoms with E-state index in [-0.39, 0.29) is 6.04 Å². The Kier molecular flexibility index (Phi) is 6.22. The van der Waals surface area contributed by atoms with E-state index in [9.17, 15) is 0 Å². The molecule has 1 aliphatic carbocycles. The predicted octanol–water partition coefficient (Wildman–Crippen LogP) is 1.95. The van der Waals surface area contributed by atoms with Gasteiger partial charge in [0.1, 0.15) is 0 Å². The predicted molar refractivity (Wildman–Crippen MR) is 61.8 cm³/mol. The summed E-state index contributed by atoms with van der Waals surface area (Å²) in [7, 11) is 0. The molecule has 1 rings (SSSR count). The molecule has 1 saturated carbocycles. The fourth-order valence-corrected chi connectivity index (χ4v) is 2.11. The van der Waals surface area contributed by atoms with Crippen molar-refractivity contribution in [2.24, 2.45) is 11.7 Å². The summed E-state index contributed by atoms with van der Waals surface area (Å²) in [6, 6.07) is 0.212. The minimum Gasteiger partial charge on any atom is -0.380 e. The third-order valence-corrected chi connectivity index (χ3v) is 2.91. The van der Waals surface area contributed by atoms with Crippen LogP contribution in [0.2, 0.25) is 0 Å². The first-order valence-electron chi connectivity index (χ1n) is 6.21. The lowest BCUT2D eigenvalue weighted by atomic mass is 9.78. The van der Waals surface area contributed by atoms with Gasteiger partial charge in [-0.15, -0.1) is 0 Å². The average Bonchev–Trinajstić information content (AvgIpc) is 2.15. The summed E-state index contributed by atoms with van der Waals surface area (Å²) in [4.78, 5) is 0. The molecular weight excluding hydrogens is 190 g/mol. The van der Waals surface area contributed by atoms with E-state index < -0.39 is 0 Å². The molecule has 0 aliphatic heterocycles. The molecule has 1 fully saturated rings. The van der Waals surface area contributed by atoms with Gasteiger partial charge in [0.2, 0.25) is 0 Å². The molecule has 0 bridgehead atoms. The van der Waals surface area contributed by atoms with Crippen molar-refractivity contribution in [1.82, 2.24) is 0 Å². The van der Waals surface area contributed by atoms with E-state index in [2.05, 4.69) is 13.8 Å². The zero-order valence-corrected chi connectivity index (χ0v) is 10.1. The van der Waals surface area contributed by atoms with Gasteiger partial charge in [0.15, 0.2) is 0 Å². The van der Waals surface area contributed by atoms with E-state index in [1.165, 1.54) is 12.8 Å². The van der Waals surface area contributed by atoms with E-state index in [4.69, 9.17) is 15.2 Å². The second kappa shape index (κ2) is 7.20. The van der Waals surface area contributed by atoms with Crippen LogP contribution in [0.4, 0.5) is 0 Å². The van der Waals surface area contributed by atoms with Crippen LogP contribution in [0.5, 0.6) is 0 Å². The van der Waals surface area contributed by atoms with Crippen molar-refractivity contribution in [2.45, 2.75) is 51.7 Å². The van der Waals surface area contributed by atoms with Crippen LogP contribution in [0, 0.1) is 5.92 Å². The highest BCUT2D eigenvalue weighted by atomic mass is 16.5. The summed E-state index contributed by atoms with van der Waals surface area (Å²) in [5, 5.41) is 0. The molecule has 0 saturated heterocycles. The van der Waals surface area contributed by atoms with Crippen molar-refractivity contribution in [3.8, 4) is 0 Å². The number of nitrogens with two attached hydrogens (primary N) is 1. The van der Waals surface area contributed by atoms with Crippen molar-refractivity contribution >= 4 is 0 Å². The van der Waals surface area contributed by atoms with Gasteiger partial charge in [-0.3, -0.25) is 0 Å². The molecule has 0 spiro atoms. The third kappa shape index (κ3) is 4.96. The van der Waals surface area contributed by atoms with E-state index >= 15 is 0 Å². The quantitative estimate of drug-likeness (QED) is 0.629. The van der Waals surface area contributed by atoms with E-state index in [1.54, 1.807) is 0 Å². The lowest BCUT2D eigenvalue weighted by Gasteiger charge is -2.36. The zero-order valence-electron chi connectivity index (χ0n) is 10.1. The Morgan fingerprint density at radius 3 is 2.67 bits per heavy atom. The first-order valence-corrected chi connectivity index (χ1v) is 6.21. The molecule has 0 heterocycles. The smallest absolute Gasteiger partial charge is 0.0617 e. The summed E-state index contributed by atoms with van der Waals surface area (Å²) in [6.45, 7) is 6.55. The molecule has 1 aliphatic rings. The first kappa shape index (κ1) is 12.9. The Balaban J connectivity index is 1.96. The van der Waals surface area contributed by atoms with Crippen molar-refractivity contribution < 1.29 is 9.47 Å². The van der Waals surface area contributed by atoms with Crippen molar-refractivity contribution in [2.75, 3.05) is 19.8 Å². The Morgan fingerprint density at radius 1 is 1.33 bits per heavy atom. The topological polar surface area (TPSA) is 44.5 Å². The summed E-state index contributed by atoms with van der Waals surface area (Å²) in [5.74, 6) is 0.766. The fourth-order valence-electron chi connectivity index (χ4n) is 2.11. The summed E-state index contributed by atoms with van der Waals surface area (Å²) in [5.41, 5.74) is 5.98. The lowest BCUT2D eigenvalue weighted by molar-refractivity contribution is -0.0306. The summed E-state index contributed by atoms with van der Waals surface area (Å²) in [6.07, 6.45) is 5.05. The molecule has 0 aromatic heterocycles. The van der Waals surface area contributed by atoms with Crippen LogP contribution >= 0.6 is 0 Å².